The van der Waals surface area contributed by atoms with Crippen LogP contribution in [0.4, 0.5) is 0 Å². The van der Waals surface area contributed by atoms with Gasteiger partial charge in [-0.1, -0.05) is 78.9 Å². The Labute approximate surface area is 257 Å². The van der Waals surface area contributed by atoms with Crippen LogP contribution < -0.4 is 0 Å². The Kier molecular flexibility index (Phi) is 5.40. The summed E-state index contributed by atoms with van der Waals surface area (Å²) in [6.07, 6.45) is 0. The van der Waals surface area contributed by atoms with Crippen LogP contribution in [0.15, 0.2) is 140 Å². The summed E-state index contributed by atoms with van der Waals surface area (Å²) >= 11 is 0. The van der Waals surface area contributed by atoms with E-state index in [0.717, 1.165) is 55.1 Å². The van der Waals surface area contributed by atoms with Gasteiger partial charge in [0.2, 0.25) is 11.8 Å². The molecule has 6 nitrogen and oxygen atoms in total. The normalized spacial score (nSPS) is 11.7. The van der Waals surface area contributed by atoms with E-state index in [-0.39, 0.29) is 11.8 Å². The van der Waals surface area contributed by atoms with E-state index >= 15 is 0 Å². The van der Waals surface area contributed by atoms with Crippen LogP contribution >= 0.6 is 0 Å². The first-order chi connectivity index (χ1) is 22.2. The second-order valence-electron chi connectivity index (χ2n) is 11.2. The van der Waals surface area contributed by atoms with Gasteiger partial charge in [-0.3, -0.25) is 15.2 Å². The molecule has 0 aliphatic heterocycles. The molecule has 0 radical (unpaired) electrons. The number of fused-ring (bicyclic) bond motifs is 11. The molecule has 0 spiro atoms. The number of pyridine rings is 1. The lowest BCUT2D eigenvalue weighted by molar-refractivity contribution is 0.538. The minimum atomic E-state index is -0.0656. The van der Waals surface area contributed by atoms with Crippen molar-refractivity contribution in [2.75, 3.05) is 0 Å². The van der Waals surface area contributed by atoms with Crippen molar-refractivity contribution in [2.24, 2.45) is 0 Å². The number of hydrogen-bond donors (Lipinski definition) is 2. The number of imidazole rings is 1. The topological polar surface area (TPSA) is 79.2 Å². The molecular formula is C39H25N5O. The summed E-state index contributed by atoms with van der Waals surface area (Å²) < 4.78 is 10.1. The highest BCUT2D eigenvalue weighted by Gasteiger charge is 2.18. The SMILES string of the molecule is N=C(OC(=N)c1ccc(-n2c3ccccc3c3cc4nc5c6ccccc6c6ccccc6n5c4cc32)cc1)c1ccccc1. The Balaban J connectivity index is 1.23. The molecule has 0 atom stereocenters. The number of benzene rings is 6. The van der Waals surface area contributed by atoms with Gasteiger partial charge in [-0.05, 0) is 66.0 Å². The van der Waals surface area contributed by atoms with Gasteiger partial charge >= 0.3 is 0 Å². The Morgan fingerprint density at radius 2 is 1.07 bits per heavy atom. The summed E-state index contributed by atoms with van der Waals surface area (Å²) in [7, 11) is 0. The standard InChI is InChI=1S/C39H25N5O/c40-37(24-10-2-1-3-11-24)45-38(41)25-18-20-26(21-19-25)43-33-16-8-7-14-29(33)31-22-32-36(23-35(31)43)44-34-17-9-6-13-28(34)27-12-4-5-15-30(27)39(44)42-32/h1-23,40-41H. The Morgan fingerprint density at radius 3 is 1.80 bits per heavy atom. The van der Waals surface area contributed by atoms with Crippen LogP contribution in [0.2, 0.25) is 0 Å². The monoisotopic (exact) mass is 579 g/mol. The maximum atomic E-state index is 8.51. The van der Waals surface area contributed by atoms with E-state index < -0.39 is 0 Å². The molecule has 0 saturated carbocycles. The Hall–Kier alpha value is -6.27. The summed E-state index contributed by atoms with van der Waals surface area (Å²) in [5.41, 5.74) is 8.45. The Bertz CT molecular complexity index is 2650. The molecule has 0 aliphatic carbocycles. The zero-order valence-corrected chi connectivity index (χ0v) is 24.0. The van der Waals surface area contributed by atoms with E-state index in [1.54, 1.807) is 12.1 Å². The van der Waals surface area contributed by atoms with Gasteiger partial charge in [0.05, 0.1) is 27.6 Å². The lowest BCUT2D eigenvalue weighted by atomic mass is 10.1. The number of nitrogens with one attached hydrogen (secondary N) is 2. The Morgan fingerprint density at radius 1 is 0.489 bits per heavy atom. The molecular weight excluding hydrogens is 554 g/mol. The van der Waals surface area contributed by atoms with Crippen molar-refractivity contribution in [2.45, 2.75) is 0 Å². The van der Waals surface area contributed by atoms with Crippen molar-refractivity contribution < 1.29 is 4.74 Å². The summed E-state index contributed by atoms with van der Waals surface area (Å²) in [6.45, 7) is 0. The quantitative estimate of drug-likeness (QED) is 0.124. The van der Waals surface area contributed by atoms with Crippen molar-refractivity contribution in [3.63, 3.8) is 0 Å². The predicted octanol–water partition coefficient (Wildman–Crippen LogP) is 9.26. The molecule has 3 heterocycles. The fourth-order valence-electron chi connectivity index (χ4n) is 6.62. The maximum absolute atomic E-state index is 8.51. The van der Waals surface area contributed by atoms with Gasteiger partial charge in [0.25, 0.3) is 0 Å². The van der Waals surface area contributed by atoms with Gasteiger partial charge in [-0.2, -0.15) is 0 Å². The lowest BCUT2D eigenvalue weighted by Gasteiger charge is -2.11. The fraction of sp³-hybridized carbons (Fsp3) is 0. The zero-order valence-electron chi connectivity index (χ0n) is 24.0. The van der Waals surface area contributed by atoms with Gasteiger partial charge in [-0.25, -0.2) is 4.98 Å². The van der Waals surface area contributed by atoms with Gasteiger partial charge in [-0.15, -0.1) is 0 Å². The number of rotatable bonds is 3. The third-order valence-corrected chi connectivity index (χ3v) is 8.68. The summed E-state index contributed by atoms with van der Waals surface area (Å²) in [5, 5.41) is 22.6. The highest BCUT2D eigenvalue weighted by molar-refractivity contribution is 6.17. The largest absolute Gasteiger partial charge is 0.421 e. The molecule has 212 valence electrons. The fourth-order valence-corrected chi connectivity index (χ4v) is 6.62. The average molecular weight is 580 g/mol. The minimum absolute atomic E-state index is 0.0515. The number of hydrogen-bond acceptors (Lipinski definition) is 4. The van der Waals surface area contributed by atoms with Gasteiger partial charge in [0.1, 0.15) is 5.65 Å². The van der Waals surface area contributed by atoms with Crippen molar-refractivity contribution >= 4 is 72.0 Å². The molecule has 0 saturated heterocycles. The van der Waals surface area contributed by atoms with Crippen LogP contribution in [0.3, 0.4) is 0 Å². The van der Waals surface area contributed by atoms with Crippen LogP contribution in [0, 0.1) is 10.8 Å². The van der Waals surface area contributed by atoms with Gasteiger partial charge in [0.15, 0.2) is 0 Å². The smallest absolute Gasteiger partial charge is 0.221 e. The molecule has 9 rings (SSSR count). The molecule has 0 aliphatic rings. The first kappa shape index (κ1) is 25.2. The highest BCUT2D eigenvalue weighted by Crippen LogP contribution is 2.37. The second-order valence-corrected chi connectivity index (χ2v) is 11.2. The van der Waals surface area contributed by atoms with Crippen molar-refractivity contribution in [3.05, 3.63) is 151 Å². The van der Waals surface area contributed by atoms with Gasteiger partial charge < -0.3 is 9.30 Å². The summed E-state index contributed by atoms with van der Waals surface area (Å²) in [4.78, 5) is 5.21. The van der Waals surface area contributed by atoms with Crippen LogP contribution in [0.5, 0.6) is 0 Å². The molecule has 45 heavy (non-hydrogen) atoms. The van der Waals surface area contributed by atoms with Crippen molar-refractivity contribution in [3.8, 4) is 5.69 Å². The predicted molar refractivity (Wildman–Crippen MR) is 183 cm³/mol. The molecule has 0 amide bonds. The van der Waals surface area contributed by atoms with E-state index in [4.69, 9.17) is 20.5 Å². The second kappa shape index (κ2) is 9.62. The third kappa shape index (κ3) is 3.79. The molecule has 0 fully saturated rings. The lowest BCUT2D eigenvalue weighted by Crippen LogP contribution is -2.13. The van der Waals surface area contributed by atoms with Gasteiger partial charge in [0, 0.05) is 38.4 Å². The van der Waals surface area contributed by atoms with E-state index in [9.17, 15) is 0 Å². The van der Waals surface area contributed by atoms with E-state index in [1.807, 2.05) is 42.5 Å². The molecule has 2 N–H and O–H groups in total. The van der Waals surface area contributed by atoms with E-state index in [1.165, 1.54) is 10.8 Å². The zero-order chi connectivity index (χ0) is 30.1. The first-order valence-corrected chi connectivity index (χ1v) is 14.8. The number of ether oxygens (including phenoxy) is 1. The number of para-hydroxylation sites is 2. The van der Waals surface area contributed by atoms with E-state index in [0.29, 0.717) is 11.1 Å². The molecule has 3 aromatic heterocycles. The van der Waals surface area contributed by atoms with Crippen LogP contribution in [0.1, 0.15) is 11.1 Å². The minimum Gasteiger partial charge on any atom is -0.421 e. The van der Waals surface area contributed by atoms with Crippen LogP contribution in [0.25, 0.3) is 65.8 Å². The summed E-state index contributed by atoms with van der Waals surface area (Å²) in [6, 6.07) is 46.9. The summed E-state index contributed by atoms with van der Waals surface area (Å²) in [5.74, 6) is -0.117. The number of aromatic nitrogens is 3. The van der Waals surface area contributed by atoms with Crippen molar-refractivity contribution in [1.82, 2.24) is 14.0 Å². The molecule has 0 bridgehead atoms. The first-order valence-electron chi connectivity index (χ1n) is 14.8. The molecule has 0 unspecified atom stereocenters. The molecule has 9 aromatic rings. The third-order valence-electron chi connectivity index (χ3n) is 8.68. The molecule has 6 heteroatoms. The maximum Gasteiger partial charge on any atom is 0.221 e. The number of nitrogens with zero attached hydrogens (tertiary/aromatic N) is 3. The van der Waals surface area contributed by atoms with Crippen molar-refractivity contribution in [1.29, 1.82) is 10.8 Å². The highest BCUT2D eigenvalue weighted by atomic mass is 16.5. The van der Waals surface area contributed by atoms with E-state index in [2.05, 4.69) is 93.9 Å². The average Bonchev–Trinajstić information content (AvgIpc) is 3.63. The van der Waals surface area contributed by atoms with Crippen LogP contribution in [-0.2, 0) is 4.74 Å². The molecule has 6 aromatic carbocycles. The van der Waals surface area contributed by atoms with Crippen LogP contribution in [-0.4, -0.2) is 25.7 Å².